The van der Waals surface area contributed by atoms with Gasteiger partial charge in [-0.2, -0.15) is 0 Å². The Balaban J connectivity index is 2.29. The zero-order valence-corrected chi connectivity index (χ0v) is 8.49. The minimum absolute atomic E-state index is 0.0810. The van der Waals surface area contributed by atoms with Gasteiger partial charge in [0.25, 0.3) is 0 Å². The summed E-state index contributed by atoms with van der Waals surface area (Å²) < 4.78 is 5.46. The van der Waals surface area contributed by atoms with Crippen molar-refractivity contribution in [2.24, 2.45) is 0 Å². The second-order valence-electron chi connectivity index (χ2n) is 3.00. The first-order valence-corrected chi connectivity index (χ1v) is 4.90. The lowest BCUT2D eigenvalue weighted by Crippen LogP contribution is -2.20. The van der Waals surface area contributed by atoms with Crippen LogP contribution >= 0.6 is 0 Å². The highest BCUT2D eigenvalue weighted by Gasteiger charge is 1.93. The number of aliphatic hydroxyl groups excluding tert-OH is 1. The van der Waals surface area contributed by atoms with Gasteiger partial charge in [0.15, 0.2) is 0 Å². The number of rotatable bonds is 6. The van der Waals surface area contributed by atoms with E-state index >= 15 is 0 Å². The molecule has 14 heavy (non-hydrogen) atoms. The van der Waals surface area contributed by atoms with Crippen LogP contribution in [0.15, 0.2) is 24.3 Å². The summed E-state index contributed by atoms with van der Waals surface area (Å²) in [7, 11) is 0. The lowest BCUT2D eigenvalue weighted by molar-refractivity contribution is 0.281. The van der Waals surface area contributed by atoms with Crippen molar-refractivity contribution in [3.63, 3.8) is 0 Å². The van der Waals surface area contributed by atoms with Crippen molar-refractivity contribution in [2.45, 2.75) is 13.5 Å². The molecule has 1 aromatic carbocycles. The number of aliphatic hydroxyl groups is 1. The van der Waals surface area contributed by atoms with Crippen LogP contribution in [-0.2, 0) is 6.61 Å². The molecule has 0 heterocycles. The number of likely N-dealkylation sites (N-methyl/N-ethyl adjacent to an activating group) is 1. The molecule has 3 heteroatoms. The molecule has 3 nitrogen and oxygen atoms in total. The molecule has 0 fully saturated rings. The predicted molar refractivity (Wildman–Crippen MR) is 56.4 cm³/mol. The maximum absolute atomic E-state index is 8.82. The van der Waals surface area contributed by atoms with Crippen LogP contribution in [0.2, 0.25) is 0 Å². The standard InChI is InChI=1S/C11H17NO2/c1-2-12-7-8-14-11-5-3-10(9-13)4-6-11/h3-6,12-13H,2,7-9H2,1H3. The van der Waals surface area contributed by atoms with E-state index in [-0.39, 0.29) is 6.61 Å². The fourth-order valence-corrected chi connectivity index (χ4v) is 1.11. The van der Waals surface area contributed by atoms with E-state index in [1.807, 2.05) is 24.3 Å². The van der Waals surface area contributed by atoms with Gasteiger partial charge in [-0.1, -0.05) is 19.1 Å². The number of ether oxygens (including phenoxy) is 1. The smallest absolute Gasteiger partial charge is 0.119 e. The van der Waals surface area contributed by atoms with Gasteiger partial charge in [-0.3, -0.25) is 0 Å². The van der Waals surface area contributed by atoms with Gasteiger partial charge < -0.3 is 15.2 Å². The molecule has 78 valence electrons. The van der Waals surface area contributed by atoms with Gasteiger partial charge >= 0.3 is 0 Å². The summed E-state index contributed by atoms with van der Waals surface area (Å²) in [5, 5.41) is 12.0. The van der Waals surface area contributed by atoms with E-state index in [2.05, 4.69) is 12.2 Å². The van der Waals surface area contributed by atoms with Crippen molar-refractivity contribution < 1.29 is 9.84 Å². The molecule has 0 radical (unpaired) electrons. The van der Waals surface area contributed by atoms with Crippen LogP contribution in [0.1, 0.15) is 12.5 Å². The molecule has 0 aliphatic heterocycles. The number of benzene rings is 1. The van der Waals surface area contributed by atoms with E-state index in [1.54, 1.807) is 0 Å². The lowest BCUT2D eigenvalue weighted by Gasteiger charge is -2.06. The number of hydrogen-bond acceptors (Lipinski definition) is 3. The number of hydrogen-bond donors (Lipinski definition) is 2. The fraction of sp³-hybridized carbons (Fsp3) is 0.455. The van der Waals surface area contributed by atoms with E-state index in [0.29, 0.717) is 6.61 Å². The van der Waals surface area contributed by atoms with Gasteiger partial charge in [-0.25, -0.2) is 0 Å². The van der Waals surface area contributed by atoms with E-state index in [0.717, 1.165) is 24.4 Å². The van der Waals surface area contributed by atoms with Gasteiger partial charge in [0.1, 0.15) is 12.4 Å². The van der Waals surface area contributed by atoms with Crippen LogP contribution in [0.25, 0.3) is 0 Å². The minimum atomic E-state index is 0.0810. The Morgan fingerprint density at radius 3 is 2.57 bits per heavy atom. The van der Waals surface area contributed by atoms with Gasteiger partial charge in [0.05, 0.1) is 6.61 Å². The largest absolute Gasteiger partial charge is 0.492 e. The van der Waals surface area contributed by atoms with E-state index in [9.17, 15) is 0 Å². The Morgan fingerprint density at radius 1 is 1.29 bits per heavy atom. The second-order valence-corrected chi connectivity index (χ2v) is 3.00. The fourth-order valence-electron chi connectivity index (χ4n) is 1.11. The highest BCUT2D eigenvalue weighted by molar-refractivity contribution is 5.26. The Hall–Kier alpha value is -1.06. The maximum atomic E-state index is 8.82. The molecule has 0 saturated carbocycles. The minimum Gasteiger partial charge on any atom is -0.492 e. The van der Waals surface area contributed by atoms with Crippen molar-refractivity contribution in [3.05, 3.63) is 29.8 Å². The third-order valence-electron chi connectivity index (χ3n) is 1.90. The van der Waals surface area contributed by atoms with Crippen molar-refractivity contribution in [1.29, 1.82) is 0 Å². The van der Waals surface area contributed by atoms with E-state index in [1.165, 1.54) is 0 Å². The zero-order chi connectivity index (χ0) is 10.2. The van der Waals surface area contributed by atoms with Crippen LogP contribution in [0, 0.1) is 0 Å². The van der Waals surface area contributed by atoms with Crippen LogP contribution in [0.3, 0.4) is 0 Å². The molecule has 0 bridgehead atoms. The third kappa shape index (κ3) is 3.77. The quantitative estimate of drug-likeness (QED) is 0.669. The van der Waals surface area contributed by atoms with Crippen molar-refractivity contribution in [2.75, 3.05) is 19.7 Å². The molecular weight excluding hydrogens is 178 g/mol. The molecule has 0 amide bonds. The summed E-state index contributed by atoms with van der Waals surface area (Å²) in [4.78, 5) is 0. The average Bonchev–Trinajstić information content (AvgIpc) is 2.25. The van der Waals surface area contributed by atoms with Crippen molar-refractivity contribution in [1.82, 2.24) is 5.32 Å². The summed E-state index contributed by atoms with van der Waals surface area (Å²) in [5.74, 6) is 0.847. The maximum Gasteiger partial charge on any atom is 0.119 e. The molecule has 0 aliphatic rings. The van der Waals surface area contributed by atoms with Crippen LogP contribution in [0.4, 0.5) is 0 Å². The molecule has 2 N–H and O–H groups in total. The van der Waals surface area contributed by atoms with E-state index in [4.69, 9.17) is 9.84 Å². The first-order chi connectivity index (χ1) is 6.86. The van der Waals surface area contributed by atoms with E-state index < -0.39 is 0 Å². The predicted octanol–water partition coefficient (Wildman–Crippen LogP) is 1.17. The van der Waals surface area contributed by atoms with Gasteiger partial charge in [-0.15, -0.1) is 0 Å². The SMILES string of the molecule is CCNCCOc1ccc(CO)cc1. The Morgan fingerprint density at radius 2 is 2.00 bits per heavy atom. The van der Waals surface area contributed by atoms with Crippen molar-refractivity contribution >= 4 is 0 Å². The normalized spacial score (nSPS) is 10.1. The van der Waals surface area contributed by atoms with Gasteiger partial charge in [0.2, 0.25) is 0 Å². The monoisotopic (exact) mass is 195 g/mol. The highest BCUT2D eigenvalue weighted by atomic mass is 16.5. The third-order valence-corrected chi connectivity index (χ3v) is 1.90. The molecular formula is C11H17NO2. The topological polar surface area (TPSA) is 41.5 Å². The molecule has 0 aromatic heterocycles. The first-order valence-electron chi connectivity index (χ1n) is 4.90. The Kier molecular flexibility index (Phi) is 5.04. The van der Waals surface area contributed by atoms with Crippen LogP contribution < -0.4 is 10.1 Å². The summed E-state index contributed by atoms with van der Waals surface area (Å²) in [6.45, 7) is 4.64. The molecule has 0 spiro atoms. The number of nitrogens with one attached hydrogen (secondary N) is 1. The lowest BCUT2D eigenvalue weighted by atomic mass is 10.2. The van der Waals surface area contributed by atoms with Gasteiger partial charge in [0, 0.05) is 6.54 Å². The van der Waals surface area contributed by atoms with Crippen LogP contribution in [-0.4, -0.2) is 24.8 Å². The zero-order valence-electron chi connectivity index (χ0n) is 8.49. The molecule has 0 unspecified atom stereocenters. The summed E-state index contributed by atoms with van der Waals surface area (Å²) >= 11 is 0. The molecule has 1 aromatic rings. The summed E-state index contributed by atoms with van der Waals surface area (Å²) in [6, 6.07) is 7.47. The molecule has 0 aliphatic carbocycles. The average molecular weight is 195 g/mol. The summed E-state index contributed by atoms with van der Waals surface area (Å²) in [5.41, 5.74) is 0.907. The van der Waals surface area contributed by atoms with Gasteiger partial charge in [-0.05, 0) is 24.2 Å². The highest BCUT2D eigenvalue weighted by Crippen LogP contribution is 2.11. The molecule has 1 rings (SSSR count). The Labute approximate surface area is 84.7 Å². The molecule has 0 atom stereocenters. The summed E-state index contributed by atoms with van der Waals surface area (Å²) in [6.07, 6.45) is 0. The Bertz CT molecular complexity index is 246. The van der Waals surface area contributed by atoms with Crippen LogP contribution in [0.5, 0.6) is 5.75 Å². The first kappa shape index (κ1) is 11.0. The molecule has 0 saturated heterocycles. The second kappa shape index (κ2) is 6.40. The van der Waals surface area contributed by atoms with Crippen molar-refractivity contribution in [3.8, 4) is 5.75 Å².